The lowest BCUT2D eigenvalue weighted by Crippen LogP contribution is -2.61. The lowest BCUT2D eigenvalue weighted by Gasteiger charge is -2.44. The first-order valence-corrected chi connectivity index (χ1v) is 17.4. The summed E-state index contributed by atoms with van der Waals surface area (Å²) in [4.78, 5) is 2.62. The van der Waals surface area contributed by atoms with Crippen LogP contribution in [0.1, 0.15) is 30.5 Å². The first kappa shape index (κ1) is 27.2. The second-order valence-electron chi connectivity index (χ2n) is 14.6. The molecule has 0 saturated heterocycles. The molecule has 3 aliphatic rings. The van der Waals surface area contributed by atoms with Crippen molar-refractivity contribution in [2.24, 2.45) is 0 Å². The summed E-state index contributed by atoms with van der Waals surface area (Å²) < 4.78 is 2.67. The fraction of sp³-hybridized carbons (Fsp3) is 0.0870. The number of anilines is 2. The van der Waals surface area contributed by atoms with Gasteiger partial charge in [0.15, 0.2) is 0 Å². The predicted molar refractivity (Wildman–Crippen MR) is 208 cm³/mol. The minimum absolute atomic E-state index is 0.0256. The zero-order chi connectivity index (χ0) is 32.6. The van der Waals surface area contributed by atoms with Crippen molar-refractivity contribution in [1.82, 2.24) is 4.57 Å². The molecule has 0 bridgehead atoms. The van der Waals surface area contributed by atoms with Gasteiger partial charge in [-0.2, -0.15) is 0 Å². The normalized spacial score (nSPS) is 14.5. The van der Waals surface area contributed by atoms with Crippen LogP contribution in [0.25, 0.3) is 60.9 Å². The standard InChI is InChI=1S/C46H33BN2/c1-28-23-25-30(26-24-28)49-40-22-10-9-17-33(40)36-27-35(32-16-8-7-15-31(32)29-13-5-4-6-14-29)41-34-18-11-19-37-43(34)48-44-38(46(37,2)3)20-12-21-39(44)47(49)42(36)45(41)48/h4-27H,1-3H3. The number of nitrogens with zero attached hydrogens (tertiary/aromatic N) is 2. The highest BCUT2D eigenvalue weighted by atomic mass is 15.1. The summed E-state index contributed by atoms with van der Waals surface area (Å²) in [7, 11) is 0. The summed E-state index contributed by atoms with van der Waals surface area (Å²) in [6, 6.07) is 54.7. The first-order chi connectivity index (χ1) is 24.0. The zero-order valence-electron chi connectivity index (χ0n) is 27.8. The minimum Gasteiger partial charge on any atom is -0.376 e. The Bertz CT molecular complexity index is 2700. The zero-order valence-corrected chi connectivity index (χ0v) is 27.8. The Balaban J connectivity index is 1.38. The SMILES string of the molecule is Cc1ccc(N2B3c4cccc5c4-n4c6c(cccc6c6c(-c7ccccc7-c7ccccc7)cc(c3c64)-c3ccccc32)C5(C)C)cc1. The minimum atomic E-state index is -0.154. The van der Waals surface area contributed by atoms with Gasteiger partial charge in [0.1, 0.15) is 0 Å². The monoisotopic (exact) mass is 624 g/mol. The van der Waals surface area contributed by atoms with Crippen molar-refractivity contribution in [2.45, 2.75) is 26.2 Å². The Labute approximate surface area is 287 Å². The van der Waals surface area contributed by atoms with Crippen LogP contribution >= 0.6 is 0 Å². The quantitative estimate of drug-likeness (QED) is 0.178. The molecule has 11 rings (SSSR count). The largest absolute Gasteiger partial charge is 0.376 e. The van der Waals surface area contributed by atoms with Gasteiger partial charge in [0.2, 0.25) is 0 Å². The van der Waals surface area contributed by atoms with E-state index in [1.165, 1.54) is 99.9 Å². The van der Waals surface area contributed by atoms with Crippen molar-refractivity contribution in [2.75, 3.05) is 4.81 Å². The molecule has 0 saturated carbocycles. The van der Waals surface area contributed by atoms with Crippen LogP contribution in [0.3, 0.4) is 0 Å². The summed E-state index contributed by atoms with van der Waals surface area (Å²) in [6.07, 6.45) is 0. The van der Waals surface area contributed by atoms with Crippen LogP contribution in [0.4, 0.5) is 11.4 Å². The molecule has 0 spiro atoms. The molecule has 3 heteroatoms. The number of hydrogen-bond acceptors (Lipinski definition) is 1. The topological polar surface area (TPSA) is 8.17 Å². The van der Waals surface area contributed by atoms with E-state index >= 15 is 0 Å². The lowest BCUT2D eigenvalue weighted by atomic mass is 9.43. The van der Waals surface area contributed by atoms with E-state index in [0.717, 1.165) is 0 Å². The van der Waals surface area contributed by atoms with Crippen molar-refractivity contribution in [3.63, 3.8) is 0 Å². The third-order valence-corrected chi connectivity index (χ3v) is 11.6. The van der Waals surface area contributed by atoms with Gasteiger partial charge in [-0.15, -0.1) is 0 Å². The van der Waals surface area contributed by atoms with Crippen molar-refractivity contribution >= 4 is 51.0 Å². The van der Waals surface area contributed by atoms with Gasteiger partial charge in [0.05, 0.1) is 11.0 Å². The molecule has 3 aliphatic heterocycles. The van der Waals surface area contributed by atoms with Gasteiger partial charge in [-0.3, -0.25) is 0 Å². The van der Waals surface area contributed by atoms with Crippen molar-refractivity contribution < 1.29 is 0 Å². The number of aromatic nitrogens is 1. The Kier molecular flexibility index (Phi) is 5.23. The van der Waals surface area contributed by atoms with E-state index in [2.05, 4.69) is 176 Å². The van der Waals surface area contributed by atoms with Crippen LogP contribution in [-0.2, 0) is 5.41 Å². The maximum Gasteiger partial charge on any atom is 0.333 e. The Morgan fingerprint density at radius 2 is 1.24 bits per heavy atom. The van der Waals surface area contributed by atoms with Crippen LogP contribution in [0.15, 0.2) is 146 Å². The lowest BCUT2D eigenvalue weighted by molar-refractivity contribution is 0.631. The van der Waals surface area contributed by atoms with Crippen LogP contribution in [-0.4, -0.2) is 11.4 Å². The third-order valence-electron chi connectivity index (χ3n) is 11.6. The number of hydrogen-bond donors (Lipinski definition) is 0. The van der Waals surface area contributed by atoms with Gasteiger partial charge in [-0.05, 0) is 81.1 Å². The Hall–Kier alpha value is -5.80. The van der Waals surface area contributed by atoms with E-state index in [1.807, 2.05) is 0 Å². The summed E-state index contributed by atoms with van der Waals surface area (Å²) >= 11 is 0. The molecule has 49 heavy (non-hydrogen) atoms. The average molecular weight is 625 g/mol. The van der Waals surface area contributed by atoms with Crippen molar-refractivity contribution in [3.8, 4) is 39.1 Å². The fourth-order valence-electron chi connectivity index (χ4n) is 9.46. The number of fused-ring (bicyclic) bond motifs is 4. The molecule has 0 fully saturated rings. The van der Waals surface area contributed by atoms with Crippen LogP contribution in [0, 0.1) is 6.92 Å². The summed E-state index contributed by atoms with van der Waals surface area (Å²) in [5.41, 5.74) is 20.9. The molecule has 230 valence electrons. The number of aryl methyl sites for hydroxylation is 1. The average Bonchev–Trinajstić information content (AvgIpc) is 3.50. The van der Waals surface area contributed by atoms with Gasteiger partial charge < -0.3 is 9.38 Å². The molecule has 0 aliphatic carbocycles. The van der Waals surface area contributed by atoms with E-state index in [9.17, 15) is 0 Å². The van der Waals surface area contributed by atoms with E-state index in [-0.39, 0.29) is 12.3 Å². The Morgan fingerprint density at radius 3 is 2.06 bits per heavy atom. The van der Waals surface area contributed by atoms with Crippen LogP contribution in [0.5, 0.6) is 0 Å². The number of benzene rings is 7. The highest BCUT2D eigenvalue weighted by Crippen LogP contribution is 2.53. The summed E-state index contributed by atoms with van der Waals surface area (Å²) in [5, 5.41) is 2.69. The summed E-state index contributed by atoms with van der Waals surface area (Å²) in [6.45, 7) is 7.03. The molecule has 2 nitrogen and oxygen atoms in total. The maximum atomic E-state index is 2.67. The van der Waals surface area contributed by atoms with E-state index in [1.54, 1.807) is 0 Å². The number of rotatable bonds is 3. The maximum absolute atomic E-state index is 2.67. The smallest absolute Gasteiger partial charge is 0.333 e. The molecular weight excluding hydrogens is 591 g/mol. The van der Waals surface area contributed by atoms with E-state index < -0.39 is 0 Å². The number of para-hydroxylation sites is 3. The fourth-order valence-corrected chi connectivity index (χ4v) is 9.46. The second-order valence-corrected chi connectivity index (χ2v) is 14.6. The highest BCUT2D eigenvalue weighted by Gasteiger charge is 2.48. The molecule has 0 radical (unpaired) electrons. The van der Waals surface area contributed by atoms with E-state index in [4.69, 9.17) is 0 Å². The molecule has 0 amide bonds. The van der Waals surface area contributed by atoms with Gasteiger partial charge in [-0.25, -0.2) is 0 Å². The van der Waals surface area contributed by atoms with Gasteiger partial charge >= 0.3 is 6.85 Å². The summed E-state index contributed by atoms with van der Waals surface area (Å²) in [5.74, 6) is 0. The van der Waals surface area contributed by atoms with Crippen molar-refractivity contribution in [1.29, 1.82) is 0 Å². The first-order valence-electron chi connectivity index (χ1n) is 17.4. The highest BCUT2D eigenvalue weighted by molar-refractivity contribution is 6.93. The van der Waals surface area contributed by atoms with Crippen LogP contribution in [0.2, 0.25) is 0 Å². The van der Waals surface area contributed by atoms with Crippen LogP contribution < -0.4 is 15.7 Å². The molecule has 0 atom stereocenters. The van der Waals surface area contributed by atoms with Gasteiger partial charge in [0.25, 0.3) is 0 Å². The van der Waals surface area contributed by atoms with E-state index in [0.29, 0.717) is 0 Å². The molecule has 0 unspecified atom stereocenters. The predicted octanol–water partition coefficient (Wildman–Crippen LogP) is 10.3. The molecule has 8 aromatic rings. The van der Waals surface area contributed by atoms with Gasteiger partial charge in [0, 0.05) is 38.8 Å². The third kappa shape index (κ3) is 3.37. The molecule has 7 aromatic carbocycles. The molecular formula is C46H33BN2. The molecule has 4 heterocycles. The molecule has 1 aromatic heterocycles. The van der Waals surface area contributed by atoms with Crippen molar-refractivity contribution in [3.05, 3.63) is 162 Å². The van der Waals surface area contributed by atoms with Gasteiger partial charge in [-0.1, -0.05) is 141 Å². The Morgan fingerprint density at radius 1 is 0.551 bits per heavy atom. The molecule has 0 N–H and O–H groups in total. The second kappa shape index (κ2) is 9.42.